The minimum absolute atomic E-state index is 0.313. The number of aliphatic hydroxyl groups is 3. The second-order valence-electron chi connectivity index (χ2n) is 15.6. The van der Waals surface area contributed by atoms with Crippen LogP contribution in [0.2, 0.25) is 0 Å². The molecule has 0 saturated heterocycles. The zero-order valence-corrected chi connectivity index (χ0v) is 33.8. The topological polar surface area (TPSA) is 89.8 Å². The molecule has 0 heterocycles. The molecule has 4 N–H and O–H groups in total. The molecule has 0 aliphatic heterocycles. The first-order valence-corrected chi connectivity index (χ1v) is 22.5. The van der Waals surface area contributed by atoms with E-state index >= 15 is 0 Å². The maximum atomic E-state index is 12.5. The Balaban J connectivity index is 3.57. The van der Waals surface area contributed by atoms with Gasteiger partial charge in [-0.1, -0.05) is 219 Å². The van der Waals surface area contributed by atoms with E-state index in [2.05, 4.69) is 31.3 Å². The van der Waals surface area contributed by atoms with Gasteiger partial charge in [-0.2, -0.15) is 0 Å². The summed E-state index contributed by atoms with van der Waals surface area (Å²) in [4.78, 5) is 12.5. The molecule has 0 aliphatic rings. The highest BCUT2D eigenvalue weighted by atomic mass is 16.3. The van der Waals surface area contributed by atoms with Crippen LogP contribution in [0.3, 0.4) is 0 Å². The van der Waals surface area contributed by atoms with Gasteiger partial charge in [-0.15, -0.1) is 0 Å². The lowest BCUT2D eigenvalue weighted by molar-refractivity contribution is -0.131. The zero-order chi connectivity index (χ0) is 36.6. The maximum Gasteiger partial charge on any atom is 0.249 e. The summed E-state index contributed by atoms with van der Waals surface area (Å²) in [5.41, 5.74) is 0. The Morgan fingerprint density at radius 2 is 0.760 bits per heavy atom. The molecule has 0 aromatic heterocycles. The summed E-state index contributed by atoms with van der Waals surface area (Å²) in [5, 5.41) is 33.3. The number of rotatable bonds is 41. The van der Waals surface area contributed by atoms with E-state index in [0.29, 0.717) is 12.8 Å². The first-order chi connectivity index (χ1) is 24.6. The van der Waals surface area contributed by atoms with Gasteiger partial charge < -0.3 is 20.6 Å². The van der Waals surface area contributed by atoms with Crippen molar-refractivity contribution in [2.45, 2.75) is 263 Å². The highest BCUT2D eigenvalue weighted by molar-refractivity contribution is 5.80. The van der Waals surface area contributed by atoms with Crippen LogP contribution in [0.15, 0.2) is 12.2 Å². The lowest BCUT2D eigenvalue weighted by atomic mass is 10.0. The standard InChI is InChI=1S/C45H89NO4/c1-3-5-7-9-11-13-15-17-19-20-21-22-23-24-25-26-28-29-31-33-35-37-39-43(48)42(41-47)46-45(50)44(49)40-38-36-34-32-30-27-18-16-14-12-10-8-6-4-2/h14,16,42-44,47-49H,3-13,15,17-41H2,1-2H3,(H,46,50)/b16-14-. The summed E-state index contributed by atoms with van der Waals surface area (Å²) in [6.07, 6.45) is 47.9. The summed E-state index contributed by atoms with van der Waals surface area (Å²) in [7, 11) is 0. The van der Waals surface area contributed by atoms with Crippen molar-refractivity contribution >= 4 is 5.91 Å². The van der Waals surface area contributed by atoms with Crippen LogP contribution in [0.4, 0.5) is 0 Å². The number of aliphatic hydroxyl groups excluding tert-OH is 3. The van der Waals surface area contributed by atoms with Crippen molar-refractivity contribution in [3.63, 3.8) is 0 Å². The molecule has 0 radical (unpaired) electrons. The van der Waals surface area contributed by atoms with Crippen molar-refractivity contribution < 1.29 is 20.1 Å². The van der Waals surface area contributed by atoms with E-state index < -0.39 is 24.2 Å². The molecule has 5 nitrogen and oxygen atoms in total. The van der Waals surface area contributed by atoms with E-state index in [1.165, 1.54) is 186 Å². The number of amides is 1. The van der Waals surface area contributed by atoms with Crippen LogP contribution in [-0.2, 0) is 4.79 Å². The smallest absolute Gasteiger partial charge is 0.249 e. The Bertz CT molecular complexity index is 699. The number of nitrogens with one attached hydrogen (secondary N) is 1. The first-order valence-electron chi connectivity index (χ1n) is 22.5. The quantitative estimate of drug-likeness (QED) is 0.0376. The largest absolute Gasteiger partial charge is 0.394 e. The molecular formula is C45H89NO4. The fourth-order valence-corrected chi connectivity index (χ4v) is 7.07. The summed E-state index contributed by atoms with van der Waals surface area (Å²) >= 11 is 0. The van der Waals surface area contributed by atoms with Gasteiger partial charge in [-0.3, -0.25) is 4.79 Å². The summed E-state index contributed by atoms with van der Waals surface area (Å²) in [6, 6.07) is -0.711. The van der Waals surface area contributed by atoms with Gasteiger partial charge in [0, 0.05) is 0 Å². The number of carbonyl (C=O) groups excluding carboxylic acids is 1. The van der Waals surface area contributed by atoms with Crippen molar-refractivity contribution in [2.24, 2.45) is 0 Å². The van der Waals surface area contributed by atoms with Crippen LogP contribution in [-0.4, -0.2) is 46.1 Å². The van der Waals surface area contributed by atoms with Gasteiger partial charge >= 0.3 is 0 Å². The molecule has 0 spiro atoms. The van der Waals surface area contributed by atoms with Crippen LogP contribution in [0.1, 0.15) is 245 Å². The molecule has 0 aliphatic carbocycles. The van der Waals surface area contributed by atoms with Gasteiger partial charge in [0.05, 0.1) is 18.8 Å². The molecule has 0 saturated carbocycles. The summed E-state index contributed by atoms with van der Waals surface area (Å²) < 4.78 is 0. The lowest BCUT2D eigenvalue weighted by Gasteiger charge is -2.23. The van der Waals surface area contributed by atoms with E-state index in [1.54, 1.807) is 0 Å². The van der Waals surface area contributed by atoms with Gasteiger partial charge in [-0.05, 0) is 38.5 Å². The Labute approximate surface area is 312 Å². The minimum Gasteiger partial charge on any atom is -0.394 e. The number of allylic oxidation sites excluding steroid dienone is 2. The highest BCUT2D eigenvalue weighted by Gasteiger charge is 2.23. The van der Waals surface area contributed by atoms with Crippen LogP contribution >= 0.6 is 0 Å². The molecule has 0 rings (SSSR count). The predicted octanol–water partition coefficient (Wildman–Crippen LogP) is 12.8. The summed E-state index contributed by atoms with van der Waals surface area (Å²) in [6.45, 7) is 4.23. The Morgan fingerprint density at radius 1 is 0.460 bits per heavy atom. The van der Waals surface area contributed by atoms with E-state index in [-0.39, 0.29) is 6.61 Å². The molecule has 3 unspecified atom stereocenters. The van der Waals surface area contributed by atoms with Gasteiger partial charge in [-0.25, -0.2) is 0 Å². The average molecular weight is 708 g/mol. The van der Waals surface area contributed by atoms with Crippen molar-refractivity contribution in [1.82, 2.24) is 5.32 Å². The molecule has 50 heavy (non-hydrogen) atoms. The van der Waals surface area contributed by atoms with Gasteiger partial charge in [0.1, 0.15) is 6.10 Å². The molecule has 298 valence electrons. The van der Waals surface area contributed by atoms with Gasteiger partial charge in [0.2, 0.25) is 5.91 Å². The number of hydrogen-bond acceptors (Lipinski definition) is 4. The average Bonchev–Trinajstić information content (AvgIpc) is 3.12. The van der Waals surface area contributed by atoms with E-state index in [1.807, 2.05) is 0 Å². The Morgan fingerprint density at radius 3 is 1.12 bits per heavy atom. The van der Waals surface area contributed by atoms with Gasteiger partial charge in [0.25, 0.3) is 0 Å². The number of unbranched alkanes of at least 4 members (excludes halogenated alkanes) is 31. The predicted molar refractivity (Wildman–Crippen MR) is 218 cm³/mol. The molecule has 0 fully saturated rings. The first kappa shape index (κ1) is 49.1. The second-order valence-corrected chi connectivity index (χ2v) is 15.6. The minimum atomic E-state index is -1.08. The van der Waals surface area contributed by atoms with Crippen molar-refractivity contribution in [1.29, 1.82) is 0 Å². The van der Waals surface area contributed by atoms with Crippen LogP contribution < -0.4 is 5.32 Å². The molecular weight excluding hydrogens is 618 g/mol. The van der Waals surface area contributed by atoms with Crippen molar-refractivity contribution in [3.05, 3.63) is 12.2 Å². The van der Waals surface area contributed by atoms with E-state index in [4.69, 9.17) is 0 Å². The number of carbonyl (C=O) groups is 1. The summed E-state index contributed by atoms with van der Waals surface area (Å²) in [5.74, 6) is -0.473. The normalized spacial score (nSPS) is 13.6. The maximum absolute atomic E-state index is 12.5. The fraction of sp³-hybridized carbons (Fsp3) is 0.933. The van der Waals surface area contributed by atoms with Gasteiger partial charge in [0.15, 0.2) is 0 Å². The third kappa shape index (κ3) is 35.5. The van der Waals surface area contributed by atoms with Crippen molar-refractivity contribution in [3.8, 4) is 0 Å². The number of hydrogen-bond donors (Lipinski definition) is 4. The molecule has 1 amide bonds. The Kier molecular flexibility index (Phi) is 40.1. The van der Waals surface area contributed by atoms with Crippen LogP contribution in [0.25, 0.3) is 0 Å². The third-order valence-electron chi connectivity index (χ3n) is 10.6. The fourth-order valence-electron chi connectivity index (χ4n) is 7.07. The lowest BCUT2D eigenvalue weighted by Crippen LogP contribution is -2.49. The van der Waals surface area contributed by atoms with Crippen LogP contribution in [0, 0.1) is 0 Å². The molecule has 3 atom stereocenters. The molecule has 0 aromatic rings. The monoisotopic (exact) mass is 708 g/mol. The van der Waals surface area contributed by atoms with E-state index in [0.717, 1.165) is 32.1 Å². The second kappa shape index (κ2) is 40.9. The van der Waals surface area contributed by atoms with Crippen molar-refractivity contribution in [2.75, 3.05) is 6.61 Å². The van der Waals surface area contributed by atoms with E-state index in [9.17, 15) is 20.1 Å². The zero-order valence-electron chi connectivity index (χ0n) is 33.8. The van der Waals surface area contributed by atoms with Crippen LogP contribution in [0.5, 0.6) is 0 Å². The highest BCUT2D eigenvalue weighted by Crippen LogP contribution is 2.17. The molecule has 0 bridgehead atoms. The molecule has 5 heteroatoms. The Hall–Kier alpha value is -0.910. The molecule has 0 aromatic carbocycles. The SMILES string of the molecule is CCCCCC/C=C\CCCCCCCCC(O)C(=O)NC(CO)C(O)CCCCCCCCCCCCCCCCCCCCCCCC. The third-order valence-corrected chi connectivity index (χ3v) is 10.6.